The maximum Gasteiger partial charge on any atom is 0.338 e. The van der Waals surface area contributed by atoms with Gasteiger partial charge in [0.2, 0.25) is 5.91 Å². The molecule has 1 aromatic carbocycles. The second-order valence-corrected chi connectivity index (χ2v) is 4.21. The topological polar surface area (TPSA) is 55.4 Å². The van der Waals surface area contributed by atoms with Crippen molar-refractivity contribution >= 4 is 17.6 Å². The summed E-state index contributed by atoms with van der Waals surface area (Å²) in [6.07, 6.45) is 1.94. The van der Waals surface area contributed by atoms with Gasteiger partial charge in [0.05, 0.1) is 5.56 Å². The molecule has 0 radical (unpaired) electrons. The zero-order valence-corrected chi connectivity index (χ0v) is 8.66. The first kappa shape index (κ1) is 9.39. The Balaban J connectivity index is 1.83. The van der Waals surface area contributed by atoms with Crippen molar-refractivity contribution in [1.29, 1.82) is 0 Å². The fraction of sp³-hybridized carbons (Fsp3) is 0.333. The van der Waals surface area contributed by atoms with Crippen molar-refractivity contribution < 1.29 is 14.3 Å². The van der Waals surface area contributed by atoms with Crippen LogP contribution >= 0.6 is 0 Å². The van der Waals surface area contributed by atoms with Gasteiger partial charge < -0.3 is 10.1 Å². The van der Waals surface area contributed by atoms with E-state index < -0.39 is 0 Å². The van der Waals surface area contributed by atoms with Crippen molar-refractivity contribution in [3.63, 3.8) is 0 Å². The molecule has 1 aliphatic heterocycles. The summed E-state index contributed by atoms with van der Waals surface area (Å²) >= 11 is 0. The zero-order chi connectivity index (χ0) is 11.1. The van der Waals surface area contributed by atoms with Gasteiger partial charge in [0.15, 0.2) is 0 Å². The molecule has 0 aromatic heterocycles. The van der Waals surface area contributed by atoms with E-state index in [1.54, 1.807) is 12.1 Å². The van der Waals surface area contributed by atoms with E-state index in [1.165, 1.54) is 0 Å². The number of benzene rings is 1. The first-order valence-corrected chi connectivity index (χ1v) is 5.35. The minimum Gasteiger partial charge on any atom is -0.457 e. The van der Waals surface area contributed by atoms with Gasteiger partial charge in [-0.15, -0.1) is 0 Å². The molecule has 0 spiro atoms. The molecular formula is C12H11NO3. The van der Waals surface area contributed by atoms with Crippen molar-refractivity contribution in [3.8, 4) is 0 Å². The van der Waals surface area contributed by atoms with Gasteiger partial charge in [-0.3, -0.25) is 4.79 Å². The van der Waals surface area contributed by atoms with Crippen LogP contribution in [-0.4, -0.2) is 11.9 Å². The Bertz CT molecular complexity index is 477. The second kappa shape index (κ2) is 3.33. The predicted octanol–water partition coefficient (Wildman–Crippen LogP) is 1.71. The molecule has 3 rings (SSSR count). The molecule has 2 aliphatic rings. The van der Waals surface area contributed by atoms with Crippen molar-refractivity contribution in [2.45, 2.75) is 19.4 Å². The molecule has 1 aliphatic carbocycles. The molecule has 1 amide bonds. The monoisotopic (exact) mass is 217 g/mol. The van der Waals surface area contributed by atoms with E-state index in [0.717, 1.165) is 18.4 Å². The van der Waals surface area contributed by atoms with Gasteiger partial charge in [-0.2, -0.15) is 0 Å². The number of carbonyl (C=O) groups excluding carboxylic acids is 2. The van der Waals surface area contributed by atoms with Crippen LogP contribution in [-0.2, 0) is 16.1 Å². The summed E-state index contributed by atoms with van der Waals surface area (Å²) in [7, 11) is 0. The van der Waals surface area contributed by atoms with Gasteiger partial charge in [0, 0.05) is 17.2 Å². The van der Waals surface area contributed by atoms with Crippen LogP contribution in [0.1, 0.15) is 28.8 Å². The summed E-state index contributed by atoms with van der Waals surface area (Å²) in [4.78, 5) is 22.8. The van der Waals surface area contributed by atoms with Gasteiger partial charge >= 0.3 is 5.97 Å². The predicted molar refractivity (Wildman–Crippen MR) is 56.9 cm³/mol. The molecule has 4 heteroatoms. The van der Waals surface area contributed by atoms with Gasteiger partial charge in [-0.05, 0) is 25.0 Å². The van der Waals surface area contributed by atoms with Gasteiger partial charge in [0.25, 0.3) is 0 Å². The second-order valence-electron chi connectivity index (χ2n) is 4.21. The molecular weight excluding hydrogens is 206 g/mol. The number of carbonyl (C=O) groups is 2. The Morgan fingerprint density at radius 3 is 2.94 bits per heavy atom. The average Bonchev–Trinajstić information content (AvgIpc) is 3.06. The van der Waals surface area contributed by atoms with Crippen LogP contribution in [0.5, 0.6) is 0 Å². The Morgan fingerprint density at radius 2 is 2.19 bits per heavy atom. The lowest BCUT2D eigenvalue weighted by molar-refractivity contribution is -0.117. The SMILES string of the molecule is O=C1OCc2ccc(NC(=O)C3CC3)cc21. The highest BCUT2D eigenvalue weighted by Gasteiger charge is 2.30. The van der Waals surface area contributed by atoms with Gasteiger partial charge in [0.1, 0.15) is 6.61 Å². The minimum atomic E-state index is -0.308. The molecule has 1 aromatic rings. The number of anilines is 1. The molecule has 4 nitrogen and oxygen atoms in total. The molecule has 0 bridgehead atoms. The number of fused-ring (bicyclic) bond motifs is 1. The number of amides is 1. The molecule has 82 valence electrons. The fourth-order valence-electron chi connectivity index (χ4n) is 1.78. The molecule has 1 N–H and O–H groups in total. The number of hydrogen-bond acceptors (Lipinski definition) is 3. The summed E-state index contributed by atoms with van der Waals surface area (Å²) < 4.78 is 4.89. The van der Waals surface area contributed by atoms with Crippen LogP contribution < -0.4 is 5.32 Å². The van der Waals surface area contributed by atoms with Crippen molar-refractivity contribution in [3.05, 3.63) is 29.3 Å². The molecule has 0 atom stereocenters. The maximum absolute atomic E-state index is 11.5. The highest BCUT2D eigenvalue weighted by atomic mass is 16.5. The van der Waals surface area contributed by atoms with Crippen LogP contribution in [0, 0.1) is 5.92 Å². The summed E-state index contributed by atoms with van der Waals surface area (Å²) in [5, 5.41) is 2.81. The number of hydrogen-bond donors (Lipinski definition) is 1. The summed E-state index contributed by atoms with van der Waals surface area (Å²) in [6.45, 7) is 0.338. The maximum atomic E-state index is 11.5. The quantitative estimate of drug-likeness (QED) is 0.767. The lowest BCUT2D eigenvalue weighted by atomic mass is 10.1. The van der Waals surface area contributed by atoms with Crippen LogP contribution in [0.15, 0.2) is 18.2 Å². The Kier molecular flexibility index (Phi) is 1.96. The number of ether oxygens (including phenoxy) is 1. The van der Waals surface area contributed by atoms with Crippen molar-refractivity contribution in [2.24, 2.45) is 5.92 Å². The summed E-state index contributed by atoms with van der Waals surface area (Å²) in [5.41, 5.74) is 2.12. The van der Waals surface area contributed by atoms with Gasteiger partial charge in [-0.25, -0.2) is 4.79 Å². The molecule has 1 heterocycles. The first-order valence-electron chi connectivity index (χ1n) is 5.35. The van der Waals surface area contributed by atoms with E-state index in [0.29, 0.717) is 17.9 Å². The third-order valence-electron chi connectivity index (χ3n) is 2.90. The van der Waals surface area contributed by atoms with E-state index in [2.05, 4.69) is 5.32 Å². The van der Waals surface area contributed by atoms with E-state index in [4.69, 9.17) is 4.74 Å². The van der Waals surface area contributed by atoms with Gasteiger partial charge in [-0.1, -0.05) is 6.07 Å². The van der Waals surface area contributed by atoms with Crippen LogP contribution in [0.2, 0.25) is 0 Å². The number of esters is 1. The normalized spacial score (nSPS) is 17.9. The molecule has 0 unspecified atom stereocenters. The summed E-state index contributed by atoms with van der Waals surface area (Å²) in [5.74, 6) is -0.0935. The number of nitrogens with one attached hydrogen (secondary N) is 1. The average molecular weight is 217 g/mol. The minimum absolute atomic E-state index is 0.0475. The Hall–Kier alpha value is -1.84. The lowest BCUT2D eigenvalue weighted by Crippen LogP contribution is -2.13. The van der Waals surface area contributed by atoms with E-state index in [1.807, 2.05) is 6.07 Å². The molecule has 0 saturated heterocycles. The highest BCUT2D eigenvalue weighted by Crippen LogP contribution is 2.31. The number of rotatable bonds is 2. The Labute approximate surface area is 92.6 Å². The lowest BCUT2D eigenvalue weighted by Gasteiger charge is -2.04. The van der Waals surface area contributed by atoms with Crippen LogP contribution in [0.25, 0.3) is 0 Å². The Morgan fingerprint density at radius 1 is 1.38 bits per heavy atom. The van der Waals surface area contributed by atoms with Crippen LogP contribution in [0.3, 0.4) is 0 Å². The first-order chi connectivity index (χ1) is 7.74. The van der Waals surface area contributed by atoms with E-state index in [-0.39, 0.29) is 17.8 Å². The molecule has 16 heavy (non-hydrogen) atoms. The highest BCUT2D eigenvalue weighted by molar-refractivity contribution is 5.98. The fourth-order valence-corrected chi connectivity index (χ4v) is 1.78. The zero-order valence-electron chi connectivity index (χ0n) is 8.66. The largest absolute Gasteiger partial charge is 0.457 e. The summed E-state index contributed by atoms with van der Waals surface area (Å²) in [6, 6.07) is 5.31. The third kappa shape index (κ3) is 1.56. The van der Waals surface area contributed by atoms with Crippen LogP contribution in [0.4, 0.5) is 5.69 Å². The van der Waals surface area contributed by atoms with Crippen molar-refractivity contribution in [2.75, 3.05) is 5.32 Å². The smallest absolute Gasteiger partial charge is 0.338 e. The molecule has 1 saturated carbocycles. The standard InChI is InChI=1S/C12H11NO3/c14-11(7-1-2-7)13-9-4-3-8-6-16-12(15)10(8)5-9/h3-5,7H,1-2,6H2,(H,13,14). The molecule has 1 fully saturated rings. The van der Waals surface area contributed by atoms with E-state index in [9.17, 15) is 9.59 Å². The third-order valence-corrected chi connectivity index (χ3v) is 2.90. The van der Waals surface area contributed by atoms with E-state index >= 15 is 0 Å². The number of cyclic esters (lactones) is 1. The van der Waals surface area contributed by atoms with Crippen molar-refractivity contribution in [1.82, 2.24) is 0 Å².